The third-order valence-electron chi connectivity index (χ3n) is 10.0. The van der Waals surface area contributed by atoms with Gasteiger partial charge in [0.2, 0.25) is 0 Å². The molecule has 0 saturated heterocycles. The van der Waals surface area contributed by atoms with Crippen LogP contribution < -0.4 is 0 Å². The molecule has 0 N–H and O–H groups in total. The monoisotopic (exact) mass is 723 g/mol. The Morgan fingerprint density at radius 3 is 0.961 bits per heavy atom. The molecule has 0 bridgehead atoms. The summed E-state index contributed by atoms with van der Waals surface area (Å²) in [6.45, 7) is 8.90. The second-order valence-electron chi connectivity index (χ2n) is 15.8. The zero-order valence-corrected chi connectivity index (χ0v) is 34.6. The van der Waals surface area contributed by atoms with E-state index in [-0.39, 0.29) is 31.1 Å². The molecule has 0 aromatic carbocycles. The third kappa shape index (κ3) is 39.5. The summed E-state index contributed by atoms with van der Waals surface area (Å²) in [5.74, 6) is -0.0529. The fourth-order valence-electron chi connectivity index (χ4n) is 6.63. The van der Waals surface area contributed by atoms with Crippen molar-refractivity contribution in [3.05, 3.63) is 0 Å². The molecule has 0 fully saturated rings. The smallest absolute Gasteiger partial charge is 0.306 e. The molecule has 51 heavy (non-hydrogen) atoms. The van der Waals surface area contributed by atoms with Crippen LogP contribution in [0.25, 0.3) is 0 Å². The van der Waals surface area contributed by atoms with E-state index in [1.54, 1.807) is 0 Å². The van der Waals surface area contributed by atoms with Crippen LogP contribution in [-0.2, 0) is 28.6 Å². The van der Waals surface area contributed by atoms with Crippen molar-refractivity contribution in [2.24, 2.45) is 5.92 Å². The van der Waals surface area contributed by atoms with Crippen molar-refractivity contribution in [2.75, 3.05) is 13.2 Å². The number of hydrogen-bond acceptors (Lipinski definition) is 6. The Bertz CT molecular complexity index is 766. The number of esters is 3. The first-order chi connectivity index (χ1) is 24.9. The van der Waals surface area contributed by atoms with Gasteiger partial charge >= 0.3 is 17.9 Å². The van der Waals surface area contributed by atoms with E-state index in [2.05, 4.69) is 27.7 Å². The first-order valence-corrected chi connectivity index (χ1v) is 22.4. The molecule has 0 aliphatic heterocycles. The van der Waals surface area contributed by atoms with Crippen molar-refractivity contribution in [3.63, 3.8) is 0 Å². The van der Waals surface area contributed by atoms with Gasteiger partial charge in [-0.05, 0) is 25.2 Å². The van der Waals surface area contributed by atoms with Crippen molar-refractivity contribution in [2.45, 2.75) is 252 Å². The molecular weight excluding hydrogens is 636 g/mol. The molecule has 0 spiro atoms. The average molecular weight is 723 g/mol. The highest BCUT2D eigenvalue weighted by molar-refractivity contribution is 5.71. The summed E-state index contributed by atoms with van der Waals surface area (Å²) in [6.07, 6.45) is 38.3. The van der Waals surface area contributed by atoms with Gasteiger partial charge in [-0.25, -0.2) is 0 Å². The number of ether oxygens (including phenoxy) is 3. The van der Waals surface area contributed by atoms with Gasteiger partial charge in [0, 0.05) is 19.3 Å². The van der Waals surface area contributed by atoms with Crippen LogP contribution in [0.15, 0.2) is 0 Å². The van der Waals surface area contributed by atoms with E-state index in [0.717, 1.165) is 70.1 Å². The minimum Gasteiger partial charge on any atom is -0.462 e. The van der Waals surface area contributed by atoms with E-state index < -0.39 is 6.10 Å². The first kappa shape index (κ1) is 49.4. The highest BCUT2D eigenvalue weighted by Crippen LogP contribution is 2.16. The van der Waals surface area contributed by atoms with Gasteiger partial charge in [0.15, 0.2) is 6.10 Å². The van der Waals surface area contributed by atoms with Crippen LogP contribution in [0.4, 0.5) is 0 Å². The SMILES string of the molecule is CCCCCCCCCCCCCCCCCC(=O)OC[C@@H](COC(=O)CCCCCCC)OC(=O)CCCCCCCCCCCCC(C)C. The summed E-state index contributed by atoms with van der Waals surface area (Å²) in [5.41, 5.74) is 0. The number of rotatable bonds is 40. The molecule has 0 radical (unpaired) electrons. The van der Waals surface area contributed by atoms with Crippen LogP contribution in [0, 0.1) is 5.92 Å². The fraction of sp³-hybridized carbons (Fsp3) is 0.933. The van der Waals surface area contributed by atoms with Gasteiger partial charge in [-0.15, -0.1) is 0 Å². The molecule has 0 amide bonds. The van der Waals surface area contributed by atoms with E-state index in [1.165, 1.54) is 135 Å². The minimum absolute atomic E-state index is 0.0649. The molecule has 302 valence electrons. The Balaban J connectivity index is 4.18. The molecule has 6 nitrogen and oxygen atoms in total. The maximum absolute atomic E-state index is 12.6. The van der Waals surface area contributed by atoms with Crippen LogP contribution in [0.1, 0.15) is 246 Å². The lowest BCUT2D eigenvalue weighted by Gasteiger charge is -2.18. The van der Waals surface area contributed by atoms with Gasteiger partial charge in [0.25, 0.3) is 0 Å². The lowest BCUT2D eigenvalue weighted by Crippen LogP contribution is -2.30. The van der Waals surface area contributed by atoms with Gasteiger partial charge in [-0.3, -0.25) is 14.4 Å². The lowest BCUT2D eigenvalue weighted by molar-refractivity contribution is -0.167. The van der Waals surface area contributed by atoms with E-state index in [1.807, 2.05) is 0 Å². The van der Waals surface area contributed by atoms with Crippen LogP contribution in [0.5, 0.6) is 0 Å². The summed E-state index contributed by atoms with van der Waals surface area (Å²) < 4.78 is 16.6. The van der Waals surface area contributed by atoms with Crippen molar-refractivity contribution in [3.8, 4) is 0 Å². The molecule has 1 atom stereocenters. The van der Waals surface area contributed by atoms with E-state index in [0.29, 0.717) is 19.3 Å². The zero-order chi connectivity index (χ0) is 37.5. The summed E-state index contributed by atoms with van der Waals surface area (Å²) in [7, 11) is 0. The number of unbranched alkanes of at least 4 members (excludes halogenated alkanes) is 27. The molecule has 0 aliphatic carbocycles. The van der Waals surface area contributed by atoms with Crippen LogP contribution in [-0.4, -0.2) is 37.2 Å². The van der Waals surface area contributed by atoms with Crippen molar-refractivity contribution in [1.82, 2.24) is 0 Å². The Morgan fingerprint density at radius 1 is 0.373 bits per heavy atom. The molecule has 0 unspecified atom stereocenters. The number of carbonyl (C=O) groups is 3. The van der Waals surface area contributed by atoms with Crippen LogP contribution in [0.2, 0.25) is 0 Å². The summed E-state index contributed by atoms with van der Waals surface area (Å²) >= 11 is 0. The third-order valence-corrected chi connectivity index (χ3v) is 10.0. The lowest BCUT2D eigenvalue weighted by atomic mass is 10.0. The molecule has 0 rings (SSSR count). The Morgan fingerprint density at radius 2 is 0.647 bits per heavy atom. The Labute approximate surface area is 317 Å². The highest BCUT2D eigenvalue weighted by atomic mass is 16.6. The molecular formula is C45H86O6. The van der Waals surface area contributed by atoms with E-state index in [4.69, 9.17) is 14.2 Å². The van der Waals surface area contributed by atoms with Crippen LogP contribution >= 0.6 is 0 Å². The topological polar surface area (TPSA) is 78.9 Å². The second kappa shape index (κ2) is 39.6. The molecule has 6 heteroatoms. The highest BCUT2D eigenvalue weighted by Gasteiger charge is 2.19. The molecule has 0 aromatic heterocycles. The Kier molecular flexibility index (Phi) is 38.4. The predicted molar refractivity (Wildman–Crippen MR) is 215 cm³/mol. The summed E-state index contributed by atoms with van der Waals surface area (Å²) in [5, 5.41) is 0. The van der Waals surface area contributed by atoms with Gasteiger partial charge in [-0.1, -0.05) is 207 Å². The minimum atomic E-state index is -0.757. The van der Waals surface area contributed by atoms with Crippen molar-refractivity contribution >= 4 is 17.9 Å². The quantitative estimate of drug-likeness (QED) is 0.0356. The Hall–Kier alpha value is -1.59. The van der Waals surface area contributed by atoms with Gasteiger partial charge in [0.05, 0.1) is 0 Å². The van der Waals surface area contributed by atoms with E-state index >= 15 is 0 Å². The summed E-state index contributed by atoms with van der Waals surface area (Å²) in [6, 6.07) is 0. The predicted octanol–water partition coefficient (Wildman–Crippen LogP) is 13.9. The number of carbonyl (C=O) groups excluding carboxylic acids is 3. The molecule has 0 aromatic rings. The average Bonchev–Trinajstić information content (AvgIpc) is 3.11. The number of hydrogen-bond donors (Lipinski definition) is 0. The van der Waals surface area contributed by atoms with E-state index in [9.17, 15) is 14.4 Å². The van der Waals surface area contributed by atoms with Gasteiger partial charge < -0.3 is 14.2 Å². The standard InChI is InChI=1S/C45H86O6/c1-5-7-9-11-12-13-14-15-16-17-18-22-25-29-33-37-44(47)50-40-42(39-49-43(46)36-32-27-10-8-6-2)51-45(48)38-34-30-26-23-20-19-21-24-28-31-35-41(3)4/h41-42H,5-40H2,1-4H3/t42-/m1/s1. The zero-order valence-electron chi connectivity index (χ0n) is 34.6. The maximum atomic E-state index is 12.6. The maximum Gasteiger partial charge on any atom is 0.306 e. The van der Waals surface area contributed by atoms with Crippen molar-refractivity contribution in [1.29, 1.82) is 0 Å². The summed E-state index contributed by atoms with van der Waals surface area (Å²) in [4.78, 5) is 37.4. The van der Waals surface area contributed by atoms with Crippen LogP contribution in [0.3, 0.4) is 0 Å². The van der Waals surface area contributed by atoms with Crippen molar-refractivity contribution < 1.29 is 28.6 Å². The normalized spacial score (nSPS) is 11.9. The largest absolute Gasteiger partial charge is 0.462 e. The second-order valence-corrected chi connectivity index (χ2v) is 15.8. The molecule has 0 aliphatic rings. The van der Waals surface area contributed by atoms with Gasteiger partial charge in [-0.2, -0.15) is 0 Å². The van der Waals surface area contributed by atoms with Gasteiger partial charge in [0.1, 0.15) is 13.2 Å². The first-order valence-electron chi connectivity index (χ1n) is 22.4. The molecule has 0 heterocycles. The molecule has 0 saturated carbocycles. The fourth-order valence-corrected chi connectivity index (χ4v) is 6.63.